The fourth-order valence-corrected chi connectivity index (χ4v) is 2.30. The van der Waals surface area contributed by atoms with E-state index in [9.17, 15) is 18.0 Å². The smallest absolute Gasteiger partial charge is 0.422 e. The molecule has 26 heavy (non-hydrogen) atoms. The lowest BCUT2D eigenvalue weighted by molar-refractivity contribution is -0.154. The largest absolute Gasteiger partial charge is 0.467 e. The second kappa shape index (κ2) is 7.16. The molecule has 0 aliphatic rings. The monoisotopic (exact) mass is 385 g/mol. The lowest BCUT2D eigenvalue weighted by Gasteiger charge is -2.10. The Labute approximate surface area is 149 Å². The van der Waals surface area contributed by atoms with Crippen LogP contribution in [0, 0.1) is 0 Å². The Balaban J connectivity index is 1.65. The van der Waals surface area contributed by atoms with Gasteiger partial charge in [0.25, 0.3) is 5.91 Å². The molecule has 3 heterocycles. The Morgan fingerprint density at radius 2 is 2.12 bits per heavy atom. The Morgan fingerprint density at radius 1 is 1.31 bits per heavy atom. The van der Waals surface area contributed by atoms with Crippen molar-refractivity contribution in [2.24, 2.45) is 0 Å². The van der Waals surface area contributed by atoms with Gasteiger partial charge in [-0.25, -0.2) is 4.98 Å². The second-order valence-electron chi connectivity index (χ2n) is 5.14. The molecular formula is C15H11ClF3N5O2. The van der Waals surface area contributed by atoms with E-state index in [1.165, 1.54) is 6.07 Å². The number of rotatable bonds is 5. The van der Waals surface area contributed by atoms with Crippen LogP contribution in [0.15, 0.2) is 36.7 Å². The summed E-state index contributed by atoms with van der Waals surface area (Å²) in [6.45, 7) is -1.43. The number of nitrogens with zero attached hydrogens (tertiary/aromatic N) is 4. The summed E-state index contributed by atoms with van der Waals surface area (Å²) in [6.07, 6.45) is -1.68. The molecule has 11 heteroatoms. The van der Waals surface area contributed by atoms with Gasteiger partial charge in [-0.15, -0.1) is 10.2 Å². The molecule has 7 nitrogen and oxygen atoms in total. The van der Waals surface area contributed by atoms with Gasteiger partial charge in [0, 0.05) is 12.4 Å². The summed E-state index contributed by atoms with van der Waals surface area (Å²) in [6, 6.07) is 6.55. The van der Waals surface area contributed by atoms with E-state index in [1.54, 1.807) is 22.7 Å². The number of nitrogens with one attached hydrogen (secondary N) is 1. The van der Waals surface area contributed by atoms with Crippen molar-refractivity contribution >= 4 is 23.2 Å². The SMILES string of the molecule is O=C(NCc1nnc2ccccn12)c1cnc(OCC(F)(F)F)c(Cl)c1. The van der Waals surface area contributed by atoms with Crippen LogP contribution in [0.5, 0.6) is 5.88 Å². The number of carbonyl (C=O) groups excluding carboxylic acids is 1. The van der Waals surface area contributed by atoms with E-state index in [0.29, 0.717) is 11.5 Å². The zero-order valence-corrected chi connectivity index (χ0v) is 13.8. The predicted octanol–water partition coefficient (Wildman–Crippen LogP) is 2.65. The first-order valence-electron chi connectivity index (χ1n) is 7.25. The van der Waals surface area contributed by atoms with Gasteiger partial charge < -0.3 is 10.1 Å². The van der Waals surface area contributed by atoms with Crippen molar-refractivity contribution in [3.8, 4) is 5.88 Å². The van der Waals surface area contributed by atoms with E-state index < -0.39 is 24.6 Å². The van der Waals surface area contributed by atoms with Crippen LogP contribution < -0.4 is 10.1 Å². The topological polar surface area (TPSA) is 81.4 Å². The van der Waals surface area contributed by atoms with Crippen LogP contribution in [-0.2, 0) is 6.54 Å². The van der Waals surface area contributed by atoms with Crippen LogP contribution in [0.4, 0.5) is 13.2 Å². The molecule has 0 saturated heterocycles. The molecule has 0 unspecified atom stereocenters. The maximum absolute atomic E-state index is 12.2. The van der Waals surface area contributed by atoms with Crippen molar-refractivity contribution in [3.63, 3.8) is 0 Å². The van der Waals surface area contributed by atoms with Gasteiger partial charge >= 0.3 is 6.18 Å². The van der Waals surface area contributed by atoms with Gasteiger partial charge in [0.2, 0.25) is 5.88 Å². The minimum absolute atomic E-state index is 0.0724. The summed E-state index contributed by atoms with van der Waals surface area (Å²) in [5.74, 6) is -0.406. The van der Waals surface area contributed by atoms with Gasteiger partial charge in [0.05, 0.1) is 12.1 Å². The Hall–Kier alpha value is -2.88. The predicted molar refractivity (Wildman–Crippen MR) is 85.0 cm³/mol. The molecule has 0 aromatic carbocycles. The van der Waals surface area contributed by atoms with Crippen LogP contribution in [0.25, 0.3) is 5.65 Å². The van der Waals surface area contributed by atoms with Crippen LogP contribution >= 0.6 is 11.6 Å². The van der Waals surface area contributed by atoms with Crippen molar-refractivity contribution in [1.29, 1.82) is 0 Å². The van der Waals surface area contributed by atoms with Crippen LogP contribution in [-0.4, -0.2) is 38.3 Å². The number of hydrogen-bond donors (Lipinski definition) is 1. The zero-order valence-electron chi connectivity index (χ0n) is 13.0. The van der Waals surface area contributed by atoms with Crippen molar-refractivity contribution in [2.45, 2.75) is 12.7 Å². The first-order valence-corrected chi connectivity index (χ1v) is 7.63. The molecule has 0 aliphatic heterocycles. The Kier molecular flexibility index (Phi) is 4.94. The highest BCUT2D eigenvalue weighted by molar-refractivity contribution is 6.32. The molecule has 0 radical (unpaired) electrons. The van der Waals surface area contributed by atoms with Crippen LogP contribution in [0.2, 0.25) is 5.02 Å². The average Bonchev–Trinajstić information content (AvgIpc) is 3.01. The number of halogens is 4. The highest BCUT2D eigenvalue weighted by Gasteiger charge is 2.29. The first-order chi connectivity index (χ1) is 12.3. The zero-order chi connectivity index (χ0) is 18.7. The Bertz CT molecular complexity index is 944. The quantitative estimate of drug-likeness (QED) is 0.730. The molecule has 1 N–H and O–H groups in total. The van der Waals surface area contributed by atoms with E-state index in [4.69, 9.17) is 11.6 Å². The van der Waals surface area contributed by atoms with E-state index in [0.717, 1.165) is 6.20 Å². The van der Waals surface area contributed by atoms with Crippen molar-refractivity contribution in [3.05, 3.63) is 53.1 Å². The third-order valence-corrected chi connectivity index (χ3v) is 3.50. The molecule has 3 aromatic rings. The normalized spacial score (nSPS) is 11.5. The molecule has 0 bridgehead atoms. The third kappa shape index (κ3) is 4.20. The second-order valence-corrected chi connectivity index (χ2v) is 5.55. The van der Waals surface area contributed by atoms with Gasteiger partial charge in [-0.05, 0) is 18.2 Å². The molecular weight excluding hydrogens is 375 g/mol. The summed E-state index contributed by atoms with van der Waals surface area (Å²) in [5, 5.41) is 10.3. The minimum atomic E-state index is -4.51. The van der Waals surface area contributed by atoms with Crippen molar-refractivity contribution in [1.82, 2.24) is 24.9 Å². The number of fused-ring (bicyclic) bond motifs is 1. The molecule has 1 amide bonds. The fraction of sp³-hybridized carbons (Fsp3) is 0.200. The van der Waals surface area contributed by atoms with E-state index >= 15 is 0 Å². The number of amides is 1. The van der Waals surface area contributed by atoms with Gasteiger partial charge in [-0.2, -0.15) is 13.2 Å². The molecule has 136 valence electrons. The highest BCUT2D eigenvalue weighted by Crippen LogP contribution is 2.25. The molecule has 0 spiro atoms. The molecule has 0 saturated carbocycles. The lowest BCUT2D eigenvalue weighted by atomic mass is 10.2. The maximum atomic E-state index is 12.2. The van der Waals surface area contributed by atoms with E-state index in [1.807, 2.05) is 6.07 Å². The molecule has 3 aromatic heterocycles. The summed E-state index contributed by atoms with van der Waals surface area (Å²) < 4.78 is 42.7. The third-order valence-electron chi connectivity index (χ3n) is 3.23. The summed E-state index contributed by atoms with van der Waals surface area (Å²) in [4.78, 5) is 15.8. The van der Waals surface area contributed by atoms with Gasteiger partial charge in [0.15, 0.2) is 18.1 Å². The maximum Gasteiger partial charge on any atom is 0.422 e. The number of ether oxygens (including phenoxy) is 1. The molecule has 0 fully saturated rings. The fourth-order valence-electron chi connectivity index (χ4n) is 2.08. The van der Waals surface area contributed by atoms with Crippen molar-refractivity contribution in [2.75, 3.05) is 6.61 Å². The lowest BCUT2D eigenvalue weighted by Crippen LogP contribution is -2.24. The first kappa shape index (κ1) is 17.9. The number of aromatic nitrogens is 4. The summed E-state index contributed by atoms with van der Waals surface area (Å²) >= 11 is 5.82. The number of alkyl halides is 3. The van der Waals surface area contributed by atoms with Gasteiger partial charge in [-0.1, -0.05) is 17.7 Å². The average molecular weight is 386 g/mol. The number of carbonyl (C=O) groups is 1. The number of hydrogen-bond acceptors (Lipinski definition) is 5. The summed E-state index contributed by atoms with van der Waals surface area (Å²) in [5.41, 5.74) is 0.704. The summed E-state index contributed by atoms with van der Waals surface area (Å²) in [7, 11) is 0. The van der Waals surface area contributed by atoms with Gasteiger partial charge in [-0.3, -0.25) is 9.20 Å². The molecule has 0 aliphatic carbocycles. The van der Waals surface area contributed by atoms with Crippen LogP contribution in [0.1, 0.15) is 16.2 Å². The van der Waals surface area contributed by atoms with Crippen LogP contribution in [0.3, 0.4) is 0 Å². The molecule has 3 rings (SSSR count). The number of pyridine rings is 2. The Morgan fingerprint density at radius 3 is 2.85 bits per heavy atom. The standard InChI is InChI=1S/C15H11ClF3N5O2/c16-10-5-9(6-21-14(10)26-8-15(17,18)19)13(25)20-7-12-23-22-11-3-1-2-4-24(11)12/h1-6H,7-8H2,(H,20,25). The highest BCUT2D eigenvalue weighted by atomic mass is 35.5. The van der Waals surface area contributed by atoms with E-state index in [-0.39, 0.29) is 17.1 Å². The molecule has 0 atom stereocenters. The minimum Gasteiger partial charge on any atom is -0.467 e. The van der Waals surface area contributed by atoms with Crippen molar-refractivity contribution < 1.29 is 22.7 Å². The van der Waals surface area contributed by atoms with E-state index in [2.05, 4.69) is 25.2 Å². The van der Waals surface area contributed by atoms with Gasteiger partial charge in [0.1, 0.15) is 5.02 Å².